The van der Waals surface area contributed by atoms with Gasteiger partial charge in [-0.05, 0) is 62.4 Å². The first kappa shape index (κ1) is 22.5. The first-order valence-electron chi connectivity index (χ1n) is 10.5. The number of benzene rings is 2. The quantitative estimate of drug-likeness (QED) is 0.544. The Bertz CT molecular complexity index is 925. The van der Waals surface area contributed by atoms with Crippen molar-refractivity contribution < 1.29 is 19.1 Å². The molecule has 2 aromatic rings. The molecule has 1 N–H and O–H groups in total. The minimum atomic E-state index is -0.335. The fourth-order valence-electron chi connectivity index (χ4n) is 3.75. The second kappa shape index (κ2) is 10.2. The highest BCUT2D eigenvalue weighted by Crippen LogP contribution is 2.20. The van der Waals surface area contributed by atoms with Gasteiger partial charge in [-0.15, -0.1) is 0 Å². The molecular formula is C24H29N3O4. The van der Waals surface area contributed by atoms with E-state index < -0.39 is 0 Å². The topological polar surface area (TPSA) is 79.0 Å². The van der Waals surface area contributed by atoms with Crippen LogP contribution in [0.3, 0.4) is 0 Å². The van der Waals surface area contributed by atoms with Crippen molar-refractivity contribution in [1.82, 2.24) is 4.90 Å². The number of nitrogens with zero attached hydrogens (tertiary/aromatic N) is 2. The number of piperazine rings is 1. The molecule has 0 aromatic heterocycles. The number of esters is 1. The maximum Gasteiger partial charge on any atom is 0.337 e. The fourth-order valence-corrected chi connectivity index (χ4v) is 3.75. The van der Waals surface area contributed by atoms with Crippen molar-refractivity contribution in [3.8, 4) is 0 Å². The van der Waals surface area contributed by atoms with Crippen LogP contribution in [0.15, 0.2) is 48.5 Å². The first-order valence-corrected chi connectivity index (χ1v) is 10.5. The molecule has 0 saturated carbocycles. The summed E-state index contributed by atoms with van der Waals surface area (Å²) < 4.78 is 4.75. The van der Waals surface area contributed by atoms with Crippen LogP contribution in [0.2, 0.25) is 0 Å². The molecule has 1 heterocycles. The third-order valence-corrected chi connectivity index (χ3v) is 5.62. The molecule has 1 unspecified atom stereocenters. The zero-order valence-electron chi connectivity index (χ0n) is 18.3. The minimum Gasteiger partial charge on any atom is -0.465 e. The van der Waals surface area contributed by atoms with E-state index >= 15 is 0 Å². The molecule has 3 rings (SSSR count). The van der Waals surface area contributed by atoms with Crippen molar-refractivity contribution in [2.45, 2.75) is 26.3 Å². The first-order chi connectivity index (χ1) is 14.9. The maximum atomic E-state index is 12.3. The molecule has 7 heteroatoms. The van der Waals surface area contributed by atoms with Gasteiger partial charge < -0.3 is 15.0 Å². The van der Waals surface area contributed by atoms with Crippen LogP contribution in [0.1, 0.15) is 41.0 Å². The zero-order valence-corrected chi connectivity index (χ0v) is 18.3. The summed E-state index contributed by atoms with van der Waals surface area (Å²) >= 11 is 0. The average Bonchev–Trinajstić information content (AvgIpc) is 2.78. The lowest BCUT2D eigenvalue weighted by molar-refractivity contribution is -0.116. The Hall–Kier alpha value is -3.19. The monoisotopic (exact) mass is 423 g/mol. The Morgan fingerprint density at radius 1 is 1.00 bits per heavy atom. The van der Waals surface area contributed by atoms with Crippen LogP contribution in [-0.2, 0) is 9.53 Å². The molecule has 1 fully saturated rings. The number of methoxy groups -OCH3 is 1. The van der Waals surface area contributed by atoms with Gasteiger partial charge in [0.2, 0.25) is 5.91 Å². The molecule has 0 bridgehead atoms. The lowest BCUT2D eigenvalue weighted by Crippen LogP contribution is -2.52. The van der Waals surface area contributed by atoms with Crippen LogP contribution in [0, 0.1) is 0 Å². The number of amides is 1. The number of carbonyl (C=O) groups is 3. The number of hydrogen-bond donors (Lipinski definition) is 1. The van der Waals surface area contributed by atoms with Gasteiger partial charge in [0.05, 0.1) is 12.7 Å². The van der Waals surface area contributed by atoms with Gasteiger partial charge in [-0.2, -0.15) is 0 Å². The van der Waals surface area contributed by atoms with Crippen LogP contribution < -0.4 is 10.2 Å². The molecule has 31 heavy (non-hydrogen) atoms. The van der Waals surface area contributed by atoms with E-state index in [1.54, 1.807) is 36.4 Å². The van der Waals surface area contributed by atoms with Crippen LogP contribution in [0.25, 0.3) is 0 Å². The van der Waals surface area contributed by atoms with E-state index in [0.717, 1.165) is 25.3 Å². The van der Waals surface area contributed by atoms with Crippen LogP contribution >= 0.6 is 0 Å². The smallest absolute Gasteiger partial charge is 0.337 e. The Morgan fingerprint density at radius 2 is 1.65 bits per heavy atom. The third-order valence-electron chi connectivity index (χ3n) is 5.62. The SMILES string of the molecule is COC(=O)c1ccc(N2CCN(CCC(=O)Nc3ccc(C(C)=O)cc3)C(C)C2)cc1. The standard InChI is InChI=1S/C24H29N3O4/c1-17-16-27(22-10-6-20(7-11-22)24(30)31-3)15-14-26(17)13-12-23(29)25-21-8-4-19(5-9-21)18(2)28/h4-11,17H,12-16H2,1-3H3,(H,25,29). The maximum absolute atomic E-state index is 12.3. The van der Waals surface area contributed by atoms with Crippen LogP contribution in [-0.4, -0.2) is 61.9 Å². The second-order valence-corrected chi connectivity index (χ2v) is 7.80. The molecule has 2 aromatic carbocycles. The molecule has 1 atom stereocenters. The summed E-state index contributed by atoms with van der Waals surface area (Å²) in [7, 11) is 1.38. The number of rotatable bonds is 7. The van der Waals surface area contributed by atoms with E-state index in [9.17, 15) is 14.4 Å². The Kier molecular flexibility index (Phi) is 7.41. The molecule has 7 nitrogen and oxygen atoms in total. The molecule has 1 amide bonds. The largest absolute Gasteiger partial charge is 0.465 e. The zero-order chi connectivity index (χ0) is 22.4. The third kappa shape index (κ3) is 5.92. The van der Waals surface area contributed by atoms with Gasteiger partial charge in [-0.3, -0.25) is 14.5 Å². The number of Topliss-reactive ketones (excluding diaryl/α,β-unsaturated/α-hetero) is 1. The predicted octanol–water partition coefficient (Wildman–Crippen LogP) is 3.22. The number of nitrogens with one attached hydrogen (secondary N) is 1. The van der Waals surface area contributed by atoms with Crippen molar-refractivity contribution in [3.63, 3.8) is 0 Å². The normalized spacial score (nSPS) is 16.6. The van der Waals surface area contributed by atoms with Crippen LogP contribution in [0.5, 0.6) is 0 Å². The van der Waals surface area contributed by atoms with Gasteiger partial charge in [-0.1, -0.05) is 0 Å². The number of hydrogen-bond acceptors (Lipinski definition) is 6. The number of ether oxygens (including phenoxy) is 1. The van der Waals surface area contributed by atoms with Gasteiger partial charge in [0.25, 0.3) is 0 Å². The highest BCUT2D eigenvalue weighted by atomic mass is 16.5. The summed E-state index contributed by atoms with van der Waals surface area (Å²) in [6.45, 7) is 6.94. The summed E-state index contributed by atoms with van der Waals surface area (Å²) in [6.07, 6.45) is 0.409. The van der Waals surface area contributed by atoms with Gasteiger partial charge in [0.1, 0.15) is 0 Å². The summed E-state index contributed by atoms with van der Waals surface area (Å²) in [5, 5.41) is 2.89. The number of carbonyl (C=O) groups excluding carboxylic acids is 3. The van der Waals surface area contributed by atoms with Gasteiger partial charge >= 0.3 is 5.97 Å². The van der Waals surface area contributed by atoms with Crippen molar-refractivity contribution >= 4 is 29.0 Å². The Balaban J connectivity index is 1.47. The van der Waals surface area contributed by atoms with Crippen molar-refractivity contribution in [2.24, 2.45) is 0 Å². The van der Waals surface area contributed by atoms with Crippen molar-refractivity contribution in [3.05, 3.63) is 59.7 Å². The summed E-state index contributed by atoms with van der Waals surface area (Å²) in [6, 6.07) is 14.7. The van der Waals surface area contributed by atoms with Gasteiger partial charge in [0, 0.05) is 55.6 Å². The van der Waals surface area contributed by atoms with Crippen molar-refractivity contribution in [1.29, 1.82) is 0 Å². The average molecular weight is 424 g/mol. The molecule has 0 aliphatic carbocycles. The number of ketones is 1. The summed E-state index contributed by atoms with van der Waals surface area (Å²) in [4.78, 5) is 39.9. The second-order valence-electron chi connectivity index (χ2n) is 7.80. The van der Waals surface area contributed by atoms with Crippen LogP contribution in [0.4, 0.5) is 11.4 Å². The molecule has 1 aliphatic rings. The summed E-state index contributed by atoms with van der Waals surface area (Å²) in [5.41, 5.74) is 2.94. The van der Waals surface area contributed by atoms with E-state index in [0.29, 0.717) is 35.8 Å². The highest BCUT2D eigenvalue weighted by molar-refractivity contribution is 5.95. The number of anilines is 2. The highest BCUT2D eigenvalue weighted by Gasteiger charge is 2.24. The van der Waals surface area contributed by atoms with E-state index in [4.69, 9.17) is 4.74 Å². The lowest BCUT2D eigenvalue weighted by Gasteiger charge is -2.41. The molecule has 0 radical (unpaired) electrons. The van der Waals surface area contributed by atoms with E-state index in [1.807, 2.05) is 12.1 Å². The van der Waals surface area contributed by atoms with Crippen molar-refractivity contribution in [2.75, 3.05) is 43.5 Å². The van der Waals surface area contributed by atoms with E-state index in [2.05, 4.69) is 22.0 Å². The molecule has 1 aliphatic heterocycles. The van der Waals surface area contributed by atoms with Gasteiger partial charge in [-0.25, -0.2) is 4.79 Å². The molecule has 1 saturated heterocycles. The minimum absolute atomic E-state index is 0.00501. The molecule has 0 spiro atoms. The fraction of sp³-hybridized carbons (Fsp3) is 0.375. The molecule has 164 valence electrons. The van der Waals surface area contributed by atoms with Gasteiger partial charge in [0.15, 0.2) is 5.78 Å². The Labute approximate surface area is 183 Å². The van der Waals surface area contributed by atoms with E-state index in [-0.39, 0.29) is 17.7 Å². The lowest BCUT2D eigenvalue weighted by atomic mass is 10.1. The molecular weight excluding hydrogens is 394 g/mol. The van der Waals surface area contributed by atoms with E-state index in [1.165, 1.54) is 14.0 Å². The predicted molar refractivity (Wildman–Crippen MR) is 121 cm³/mol. The summed E-state index contributed by atoms with van der Waals surface area (Å²) in [5.74, 6) is -0.369. The Morgan fingerprint density at radius 3 is 2.23 bits per heavy atom.